The summed E-state index contributed by atoms with van der Waals surface area (Å²) < 4.78 is 5.81. The Morgan fingerprint density at radius 1 is 0.912 bits per heavy atom. The molecule has 9 nitrogen and oxygen atoms in total. The molecule has 2 aromatic rings. The third-order valence-corrected chi connectivity index (χ3v) is 6.13. The Balaban J connectivity index is 1.32. The van der Waals surface area contributed by atoms with Crippen LogP contribution in [0.3, 0.4) is 0 Å². The normalized spacial score (nSPS) is 18.9. The van der Waals surface area contributed by atoms with E-state index in [0.717, 1.165) is 9.37 Å². The molecule has 0 unspecified atom stereocenters. The summed E-state index contributed by atoms with van der Waals surface area (Å²) in [6, 6.07) is 12.4. The molecule has 34 heavy (non-hydrogen) atoms. The summed E-state index contributed by atoms with van der Waals surface area (Å²) >= 11 is 3.27. The number of esters is 1. The van der Waals surface area contributed by atoms with E-state index in [0.29, 0.717) is 18.4 Å². The largest absolute Gasteiger partial charge is 0.452 e. The minimum atomic E-state index is -0.811. The summed E-state index contributed by atoms with van der Waals surface area (Å²) in [6.07, 6.45) is 4.83. The topological polar surface area (TPSA) is 122 Å². The van der Waals surface area contributed by atoms with Crippen molar-refractivity contribution < 1.29 is 28.7 Å². The zero-order valence-corrected chi connectivity index (χ0v) is 19.4. The van der Waals surface area contributed by atoms with Crippen molar-refractivity contribution in [1.82, 2.24) is 10.9 Å². The standard InChI is InChI=1S/C24H20BrN3O6/c25-16-10-8-14(9-11-16)21(30)27-26-20(29)13-34-24(33)15-4-3-5-17(12-15)28-22(31)18-6-1-2-7-19(18)23(28)32/h1-5,8-12,18-19H,6-7,13H2,(H,26,29)(H,27,30)/t18-,19-/m0/s1. The van der Waals surface area contributed by atoms with Crippen molar-refractivity contribution in [2.45, 2.75) is 12.8 Å². The number of hydrogen-bond donors (Lipinski definition) is 2. The molecule has 1 aliphatic carbocycles. The fourth-order valence-corrected chi connectivity index (χ4v) is 4.14. The van der Waals surface area contributed by atoms with Crippen LogP contribution in [0.4, 0.5) is 5.69 Å². The summed E-state index contributed by atoms with van der Waals surface area (Å²) in [5, 5.41) is 0. The molecule has 2 atom stereocenters. The van der Waals surface area contributed by atoms with Gasteiger partial charge < -0.3 is 4.74 Å². The predicted molar refractivity (Wildman–Crippen MR) is 124 cm³/mol. The van der Waals surface area contributed by atoms with E-state index < -0.39 is 24.4 Å². The van der Waals surface area contributed by atoms with Gasteiger partial charge in [-0.2, -0.15) is 0 Å². The van der Waals surface area contributed by atoms with Crippen LogP contribution in [0, 0.1) is 11.8 Å². The number of rotatable bonds is 5. The SMILES string of the molecule is O=C(COC(=O)c1cccc(N2C(=O)[C@H]3CC=CC[C@@H]3C2=O)c1)NNC(=O)c1ccc(Br)cc1. The van der Waals surface area contributed by atoms with Crippen LogP contribution in [0.15, 0.2) is 65.2 Å². The molecule has 174 valence electrons. The fraction of sp³-hybridized carbons (Fsp3) is 0.208. The lowest BCUT2D eigenvalue weighted by molar-refractivity contribution is -0.125. The number of allylic oxidation sites excluding steroid dienone is 2. The second-order valence-corrected chi connectivity index (χ2v) is 8.72. The third-order valence-electron chi connectivity index (χ3n) is 5.60. The molecule has 1 fully saturated rings. The number of imide groups is 1. The number of anilines is 1. The Hall–Kier alpha value is -3.79. The van der Waals surface area contributed by atoms with Gasteiger partial charge in [-0.15, -0.1) is 0 Å². The molecule has 2 aromatic carbocycles. The zero-order valence-electron chi connectivity index (χ0n) is 17.8. The first-order chi connectivity index (χ1) is 16.3. The summed E-state index contributed by atoms with van der Waals surface area (Å²) in [5.41, 5.74) is 5.09. The van der Waals surface area contributed by atoms with Crippen LogP contribution in [0.1, 0.15) is 33.6 Å². The molecule has 1 aliphatic heterocycles. The van der Waals surface area contributed by atoms with Crippen molar-refractivity contribution in [2.75, 3.05) is 11.5 Å². The third kappa shape index (κ3) is 4.91. The molecule has 0 radical (unpaired) electrons. The van der Waals surface area contributed by atoms with E-state index in [1.54, 1.807) is 30.3 Å². The number of halogens is 1. The molecule has 0 saturated carbocycles. The number of carbonyl (C=O) groups is 5. The van der Waals surface area contributed by atoms with Gasteiger partial charge in [0.05, 0.1) is 23.1 Å². The molecule has 4 rings (SSSR count). The van der Waals surface area contributed by atoms with Crippen LogP contribution < -0.4 is 15.8 Å². The Kier molecular flexibility index (Phi) is 6.87. The summed E-state index contributed by atoms with van der Waals surface area (Å²) in [4.78, 5) is 63.0. The molecule has 1 heterocycles. The van der Waals surface area contributed by atoms with Crippen molar-refractivity contribution in [1.29, 1.82) is 0 Å². The first-order valence-corrected chi connectivity index (χ1v) is 11.3. The Bertz CT molecular complexity index is 1170. The van der Waals surface area contributed by atoms with Gasteiger partial charge in [0.15, 0.2) is 6.61 Å². The molecule has 10 heteroatoms. The number of hydrazine groups is 1. The molecular weight excluding hydrogens is 506 g/mol. The highest BCUT2D eigenvalue weighted by molar-refractivity contribution is 9.10. The number of hydrogen-bond acceptors (Lipinski definition) is 6. The van der Waals surface area contributed by atoms with Crippen molar-refractivity contribution in [3.8, 4) is 0 Å². The number of nitrogens with zero attached hydrogens (tertiary/aromatic N) is 1. The van der Waals surface area contributed by atoms with E-state index in [4.69, 9.17) is 4.74 Å². The van der Waals surface area contributed by atoms with Crippen LogP contribution in [-0.4, -0.2) is 36.2 Å². The Morgan fingerprint density at radius 3 is 2.21 bits per heavy atom. The number of amides is 4. The molecule has 0 aromatic heterocycles. The second-order valence-electron chi connectivity index (χ2n) is 7.80. The number of benzene rings is 2. The van der Waals surface area contributed by atoms with E-state index in [1.807, 2.05) is 12.2 Å². The highest BCUT2D eigenvalue weighted by Gasteiger charge is 2.47. The minimum Gasteiger partial charge on any atom is -0.452 e. The average molecular weight is 526 g/mol. The highest BCUT2D eigenvalue weighted by Crippen LogP contribution is 2.37. The Labute approximate surface area is 203 Å². The van der Waals surface area contributed by atoms with Crippen LogP contribution in [0.5, 0.6) is 0 Å². The maximum absolute atomic E-state index is 12.8. The van der Waals surface area contributed by atoms with Gasteiger partial charge in [-0.1, -0.05) is 34.1 Å². The fourth-order valence-electron chi connectivity index (χ4n) is 3.88. The van der Waals surface area contributed by atoms with E-state index in [1.165, 1.54) is 18.2 Å². The maximum Gasteiger partial charge on any atom is 0.338 e. The second kappa shape index (κ2) is 10.0. The van der Waals surface area contributed by atoms with Gasteiger partial charge in [0, 0.05) is 10.0 Å². The number of nitrogens with one attached hydrogen (secondary N) is 2. The Morgan fingerprint density at radius 2 is 1.56 bits per heavy atom. The summed E-state index contributed by atoms with van der Waals surface area (Å²) in [7, 11) is 0. The van der Waals surface area contributed by atoms with E-state index in [-0.39, 0.29) is 34.9 Å². The van der Waals surface area contributed by atoms with Crippen molar-refractivity contribution in [2.24, 2.45) is 11.8 Å². The van der Waals surface area contributed by atoms with E-state index in [9.17, 15) is 24.0 Å². The molecule has 0 spiro atoms. The zero-order chi connectivity index (χ0) is 24.2. The lowest BCUT2D eigenvalue weighted by atomic mass is 9.85. The lowest BCUT2D eigenvalue weighted by Crippen LogP contribution is -2.43. The van der Waals surface area contributed by atoms with Gasteiger partial charge in [0.1, 0.15) is 0 Å². The average Bonchev–Trinajstić information content (AvgIpc) is 3.11. The molecule has 4 amide bonds. The molecule has 2 N–H and O–H groups in total. The van der Waals surface area contributed by atoms with Crippen LogP contribution in [0.2, 0.25) is 0 Å². The van der Waals surface area contributed by atoms with Crippen LogP contribution >= 0.6 is 15.9 Å². The van der Waals surface area contributed by atoms with Gasteiger partial charge in [-0.05, 0) is 55.3 Å². The van der Waals surface area contributed by atoms with Gasteiger partial charge in [-0.25, -0.2) is 4.79 Å². The molecule has 2 aliphatic rings. The van der Waals surface area contributed by atoms with E-state index >= 15 is 0 Å². The maximum atomic E-state index is 12.8. The molecule has 1 saturated heterocycles. The highest BCUT2D eigenvalue weighted by atomic mass is 79.9. The first kappa shape index (κ1) is 23.4. The monoisotopic (exact) mass is 525 g/mol. The number of carbonyl (C=O) groups excluding carboxylic acids is 5. The van der Waals surface area contributed by atoms with Gasteiger partial charge in [-0.3, -0.25) is 34.9 Å². The van der Waals surface area contributed by atoms with Gasteiger partial charge in [0.2, 0.25) is 11.8 Å². The molecular formula is C24H20BrN3O6. The van der Waals surface area contributed by atoms with E-state index in [2.05, 4.69) is 26.8 Å². The lowest BCUT2D eigenvalue weighted by Gasteiger charge is -2.15. The van der Waals surface area contributed by atoms with Crippen molar-refractivity contribution in [3.63, 3.8) is 0 Å². The number of fused-ring (bicyclic) bond motifs is 1. The van der Waals surface area contributed by atoms with Gasteiger partial charge >= 0.3 is 5.97 Å². The van der Waals surface area contributed by atoms with Crippen LogP contribution in [0.25, 0.3) is 0 Å². The number of ether oxygens (including phenoxy) is 1. The predicted octanol–water partition coefficient (Wildman–Crippen LogP) is 2.52. The van der Waals surface area contributed by atoms with Crippen molar-refractivity contribution >= 4 is 51.2 Å². The van der Waals surface area contributed by atoms with Crippen LogP contribution in [-0.2, 0) is 19.1 Å². The molecule has 0 bridgehead atoms. The first-order valence-electron chi connectivity index (χ1n) is 10.5. The van der Waals surface area contributed by atoms with Crippen molar-refractivity contribution in [3.05, 3.63) is 76.3 Å². The minimum absolute atomic E-state index is 0.0813. The van der Waals surface area contributed by atoms with Gasteiger partial charge in [0.25, 0.3) is 11.8 Å². The summed E-state index contributed by atoms with van der Waals surface area (Å²) in [6.45, 7) is -0.638. The smallest absolute Gasteiger partial charge is 0.338 e. The quantitative estimate of drug-likeness (QED) is 0.267. The summed E-state index contributed by atoms with van der Waals surface area (Å²) in [5.74, 6) is -3.42.